The molecule has 1 rings (SSSR count). The number of carbonyl (C=O) groups is 2. The van der Waals surface area contributed by atoms with E-state index in [1.807, 2.05) is 20.8 Å². The van der Waals surface area contributed by atoms with Crippen LogP contribution in [0.4, 0.5) is 0 Å². The topological polar surface area (TPSA) is 52.6 Å². The van der Waals surface area contributed by atoms with Gasteiger partial charge in [0.25, 0.3) is 0 Å². The maximum absolute atomic E-state index is 12.1. The van der Waals surface area contributed by atoms with E-state index in [1.54, 1.807) is 24.3 Å². The van der Waals surface area contributed by atoms with Crippen molar-refractivity contribution < 1.29 is 19.1 Å². The first kappa shape index (κ1) is 17.5. The van der Waals surface area contributed by atoms with Crippen LogP contribution in [-0.2, 0) is 9.47 Å². The number of benzene rings is 1. The predicted molar refractivity (Wildman–Crippen MR) is 81.8 cm³/mol. The second-order valence-electron chi connectivity index (χ2n) is 5.28. The van der Waals surface area contributed by atoms with E-state index >= 15 is 0 Å². The molecule has 0 aliphatic heterocycles. The van der Waals surface area contributed by atoms with Crippen molar-refractivity contribution in [2.75, 3.05) is 19.8 Å². The van der Waals surface area contributed by atoms with E-state index in [-0.39, 0.29) is 17.8 Å². The normalized spacial score (nSPS) is 13.7. The summed E-state index contributed by atoms with van der Waals surface area (Å²) in [5.74, 6) is 0.221. The summed E-state index contributed by atoms with van der Waals surface area (Å²) in [6, 6.07) is 6.70. The summed E-state index contributed by atoms with van der Waals surface area (Å²) in [5.41, 5.74) is 1.21. The molecule has 0 saturated carbocycles. The maximum atomic E-state index is 12.1. The van der Waals surface area contributed by atoms with Gasteiger partial charge < -0.3 is 9.47 Å². The Hall–Kier alpha value is -1.52. The van der Waals surface area contributed by atoms with E-state index in [0.717, 1.165) is 6.29 Å². The van der Waals surface area contributed by atoms with Crippen molar-refractivity contribution >= 4 is 12.1 Å². The first-order chi connectivity index (χ1) is 10.1. The summed E-state index contributed by atoms with van der Waals surface area (Å²) >= 11 is 0. The number of rotatable bonds is 10. The number of ether oxygens (including phenoxy) is 2. The van der Waals surface area contributed by atoms with Gasteiger partial charge in [-0.3, -0.25) is 9.59 Å². The zero-order valence-electron chi connectivity index (χ0n) is 13.0. The maximum Gasteiger partial charge on any atom is 0.163 e. The number of hydrogen-bond acceptors (Lipinski definition) is 4. The molecule has 0 radical (unpaired) electrons. The van der Waals surface area contributed by atoms with Crippen LogP contribution in [0, 0.1) is 5.92 Å². The molecular formula is C17H24O4. The van der Waals surface area contributed by atoms with Crippen LogP contribution >= 0.6 is 0 Å². The summed E-state index contributed by atoms with van der Waals surface area (Å²) in [7, 11) is 0. The highest BCUT2D eigenvalue weighted by molar-refractivity contribution is 5.96. The fourth-order valence-electron chi connectivity index (χ4n) is 2.01. The second kappa shape index (κ2) is 9.42. The SMILES string of the molecule is CCOC(C)COCC(C)CC(=O)c1ccc(C=O)cc1. The van der Waals surface area contributed by atoms with E-state index in [4.69, 9.17) is 9.47 Å². The number of ketones is 1. The third-order valence-electron chi connectivity index (χ3n) is 3.11. The fraction of sp³-hybridized carbons (Fsp3) is 0.529. The molecule has 21 heavy (non-hydrogen) atoms. The van der Waals surface area contributed by atoms with Gasteiger partial charge in [-0.15, -0.1) is 0 Å². The van der Waals surface area contributed by atoms with Crippen LogP contribution in [0.1, 0.15) is 47.9 Å². The van der Waals surface area contributed by atoms with Crippen LogP contribution in [0.15, 0.2) is 24.3 Å². The molecule has 2 atom stereocenters. The first-order valence-electron chi connectivity index (χ1n) is 7.34. The molecule has 2 unspecified atom stereocenters. The number of hydrogen-bond donors (Lipinski definition) is 0. The molecule has 0 N–H and O–H groups in total. The average molecular weight is 292 g/mol. The summed E-state index contributed by atoms with van der Waals surface area (Å²) in [6.45, 7) is 7.66. The molecular weight excluding hydrogens is 268 g/mol. The lowest BCUT2D eigenvalue weighted by molar-refractivity contribution is -0.00980. The zero-order chi connectivity index (χ0) is 15.7. The Kier molecular flexibility index (Phi) is 7.87. The molecule has 0 aliphatic rings. The Morgan fingerprint density at radius 2 is 1.86 bits per heavy atom. The Bertz CT molecular complexity index is 439. The molecule has 4 heteroatoms. The van der Waals surface area contributed by atoms with E-state index in [9.17, 15) is 9.59 Å². The summed E-state index contributed by atoms with van der Waals surface area (Å²) in [4.78, 5) is 22.7. The van der Waals surface area contributed by atoms with Crippen LogP contribution in [0.25, 0.3) is 0 Å². The van der Waals surface area contributed by atoms with Crippen LogP contribution in [0.2, 0.25) is 0 Å². The van der Waals surface area contributed by atoms with Crippen molar-refractivity contribution in [2.24, 2.45) is 5.92 Å². The lowest BCUT2D eigenvalue weighted by atomic mass is 10.00. The van der Waals surface area contributed by atoms with Gasteiger partial charge in [0, 0.05) is 30.8 Å². The van der Waals surface area contributed by atoms with Crippen molar-refractivity contribution in [3.63, 3.8) is 0 Å². The Morgan fingerprint density at radius 1 is 1.19 bits per heavy atom. The van der Waals surface area contributed by atoms with Gasteiger partial charge in [-0.05, 0) is 19.8 Å². The largest absolute Gasteiger partial charge is 0.378 e. The van der Waals surface area contributed by atoms with Gasteiger partial charge in [-0.2, -0.15) is 0 Å². The molecule has 0 spiro atoms. The highest BCUT2D eigenvalue weighted by Crippen LogP contribution is 2.11. The quantitative estimate of drug-likeness (QED) is 0.491. The third kappa shape index (κ3) is 6.65. The molecule has 0 bridgehead atoms. The van der Waals surface area contributed by atoms with E-state index < -0.39 is 0 Å². The smallest absolute Gasteiger partial charge is 0.163 e. The fourth-order valence-corrected chi connectivity index (χ4v) is 2.01. The molecule has 0 aromatic heterocycles. The van der Waals surface area contributed by atoms with Gasteiger partial charge in [-0.25, -0.2) is 0 Å². The van der Waals surface area contributed by atoms with Crippen LogP contribution in [0.3, 0.4) is 0 Å². The minimum absolute atomic E-state index is 0.0707. The minimum Gasteiger partial charge on any atom is -0.378 e. The Labute approximate surface area is 126 Å². The van der Waals surface area contributed by atoms with Crippen molar-refractivity contribution in [3.8, 4) is 0 Å². The lowest BCUT2D eigenvalue weighted by Crippen LogP contribution is -2.19. The van der Waals surface area contributed by atoms with Gasteiger partial charge in [0.05, 0.1) is 12.7 Å². The van der Waals surface area contributed by atoms with E-state index in [1.165, 1.54) is 0 Å². The highest BCUT2D eigenvalue weighted by atomic mass is 16.5. The summed E-state index contributed by atoms with van der Waals surface area (Å²) < 4.78 is 10.9. The molecule has 0 heterocycles. The molecule has 1 aromatic rings. The highest BCUT2D eigenvalue weighted by Gasteiger charge is 2.12. The molecule has 116 valence electrons. The standard InChI is InChI=1S/C17H24O4/c1-4-21-14(3)12-20-11-13(2)9-17(19)16-7-5-15(10-18)6-8-16/h5-8,10,13-14H,4,9,11-12H2,1-3H3. The molecule has 0 amide bonds. The molecule has 0 fully saturated rings. The summed E-state index contributed by atoms with van der Waals surface area (Å²) in [5, 5.41) is 0. The van der Waals surface area contributed by atoms with Gasteiger partial charge in [0.1, 0.15) is 6.29 Å². The van der Waals surface area contributed by atoms with Crippen LogP contribution in [-0.4, -0.2) is 38.0 Å². The zero-order valence-corrected chi connectivity index (χ0v) is 13.0. The van der Waals surface area contributed by atoms with Crippen molar-refractivity contribution in [2.45, 2.75) is 33.3 Å². The van der Waals surface area contributed by atoms with Gasteiger partial charge in [-0.1, -0.05) is 31.2 Å². The first-order valence-corrected chi connectivity index (χ1v) is 7.34. The second-order valence-corrected chi connectivity index (χ2v) is 5.28. The Morgan fingerprint density at radius 3 is 2.43 bits per heavy atom. The number of aldehydes is 1. The minimum atomic E-state index is 0.0707. The average Bonchev–Trinajstić information content (AvgIpc) is 2.47. The molecule has 0 saturated heterocycles. The Balaban J connectivity index is 2.34. The van der Waals surface area contributed by atoms with Gasteiger partial charge >= 0.3 is 0 Å². The van der Waals surface area contributed by atoms with E-state index in [2.05, 4.69) is 0 Å². The van der Waals surface area contributed by atoms with Crippen molar-refractivity contribution in [3.05, 3.63) is 35.4 Å². The predicted octanol–water partition coefficient (Wildman–Crippen LogP) is 3.15. The molecule has 1 aromatic carbocycles. The van der Waals surface area contributed by atoms with Crippen LogP contribution < -0.4 is 0 Å². The van der Waals surface area contributed by atoms with Crippen molar-refractivity contribution in [1.82, 2.24) is 0 Å². The monoisotopic (exact) mass is 292 g/mol. The third-order valence-corrected chi connectivity index (χ3v) is 3.11. The van der Waals surface area contributed by atoms with Crippen LogP contribution in [0.5, 0.6) is 0 Å². The van der Waals surface area contributed by atoms with Gasteiger partial charge in [0.2, 0.25) is 0 Å². The number of carbonyl (C=O) groups excluding carboxylic acids is 2. The lowest BCUT2D eigenvalue weighted by Gasteiger charge is -2.15. The van der Waals surface area contributed by atoms with Gasteiger partial charge in [0.15, 0.2) is 5.78 Å². The summed E-state index contributed by atoms with van der Waals surface area (Å²) in [6.07, 6.45) is 1.28. The molecule has 4 nitrogen and oxygen atoms in total. The van der Waals surface area contributed by atoms with Crippen molar-refractivity contribution in [1.29, 1.82) is 0 Å². The molecule has 0 aliphatic carbocycles. The van der Waals surface area contributed by atoms with E-state index in [0.29, 0.717) is 37.4 Å². The number of Topliss-reactive ketones (excluding diaryl/α,β-unsaturated/α-hetero) is 1.